The van der Waals surface area contributed by atoms with Crippen LogP contribution < -0.4 is 20.1 Å². The Kier molecular flexibility index (Phi) is 4.10. The monoisotopic (exact) mass is 348 g/mol. The molecular weight excluding hydrogens is 332 g/mol. The molecule has 1 aliphatic heterocycles. The summed E-state index contributed by atoms with van der Waals surface area (Å²) in [6.07, 6.45) is 0. The molecule has 2 aromatic carbocycles. The Bertz CT molecular complexity index is 957. The fourth-order valence-electron chi connectivity index (χ4n) is 2.54. The van der Waals surface area contributed by atoms with Crippen molar-refractivity contribution in [1.82, 2.24) is 10.2 Å². The summed E-state index contributed by atoms with van der Waals surface area (Å²) in [5.74, 6) is 1.86. The van der Waals surface area contributed by atoms with Gasteiger partial charge < -0.3 is 20.1 Å². The third-order valence-electron chi connectivity index (χ3n) is 3.95. The topological polar surface area (TPSA) is 85.4 Å². The molecule has 0 saturated heterocycles. The zero-order chi connectivity index (χ0) is 17.9. The third kappa shape index (κ3) is 3.27. The fourth-order valence-corrected chi connectivity index (χ4v) is 2.54. The first-order valence-corrected chi connectivity index (χ1v) is 8.06. The van der Waals surface area contributed by atoms with Gasteiger partial charge in [-0.3, -0.25) is 4.79 Å². The van der Waals surface area contributed by atoms with E-state index < -0.39 is 0 Å². The number of amides is 1. The maximum atomic E-state index is 12.3. The summed E-state index contributed by atoms with van der Waals surface area (Å²) in [4.78, 5) is 12.3. The van der Waals surface area contributed by atoms with Gasteiger partial charge in [-0.25, -0.2) is 0 Å². The summed E-state index contributed by atoms with van der Waals surface area (Å²) in [5, 5.41) is 14.1. The number of aromatic nitrogens is 2. The molecule has 2 N–H and O–H groups in total. The predicted molar refractivity (Wildman–Crippen MR) is 97.0 cm³/mol. The third-order valence-corrected chi connectivity index (χ3v) is 3.95. The van der Waals surface area contributed by atoms with Gasteiger partial charge in [0.1, 0.15) is 0 Å². The van der Waals surface area contributed by atoms with E-state index in [-0.39, 0.29) is 12.7 Å². The van der Waals surface area contributed by atoms with Gasteiger partial charge in [0.25, 0.3) is 5.91 Å². The van der Waals surface area contributed by atoms with Crippen LogP contribution in [0.4, 0.5) is 17.3 Å². The molecule has 1 aromatic heterocycles. The number of aryl methyl sites for hydroxylation is 1. The quantitative estimate of drug-likeness (QED) is 0.750. The van der Waals surface area contributed by atoms with E-state index in [1.54, 1.807) is 30.3 Å². The van der Waals surface area contributed by atoms with Crippen molar-refractivity contribution < 1.29 is 14.3 Å². The van der Waals surface area contributed by atoms with Crippen molar-refractivity contribution >= 4 is 23.2 Å². The number of hydrogen-bond acceptors (Lipinski definition) is 6. The Morgan fingerprint density at radius 3 is 2.54 bits per heavy atom. The zero-order valence-electron chi connectivity index (χ0n) is 14.0. The van der Waals surface area contributed by atoms with E-state index >= 15 is 0 Å². The minimum absolute atomic E-state index is 0.168. The van der Waals surface area contributed by atoms with Crippen molar-refractivity contribution in [3.05, 3.63) is 65.7 Å². The van der Waals surface area contributed by atoms with Crippen LogP contribution in [0.2, 0.25) is 0 Å². The molecule has 26 heavy (non-hydrogen) atoms. The highest BCUT2D eigenvalue weighted by Crippen LogP contribution is 2.32. The Hall–Kier alpha value is -3.61. The highest BCUT2D eigenvalue weighted by Gasteiger charge is 2.16. The van der Waals surface area contributed by atoms with Crippen molar-refractivity contribution in [3.63, 3.8) is 0 Å². The number of rotatable bonds is 4. The van der Waals surface area contributed by atoms with Crippen molar-refractivity contribution in [2.24, 2.45) is 0 Å². The summed E-state index contributed by atoms with van der Waals surface area (Å²) >= 11 is 0. The standard InChI is InChI=1S/C19H16N4O3/c1-12-4-2-3-5-14(12)20-17-8-9-18(23-22-17)21-19(24)13-6-7-15-16(10-13)26-11-25-15/h2-10H,11H2,1H3,(H,20,22)(H,21,23,24). The molecule has 0 unspecified atom stereocenters. The van der Waals surface area contributed by atoms with Gasteiger partial charge in [0.15, 0.2) is 23.1 Å². The molecule has 0 aliphatic carbocycles. The number of para-hydroxylation sites is 1. The first-order chi connectivity index (χ1) is 12.7. The van der Waals surface area contributed by atoms with E-state index in [1.807, 2.05) is 31.2 Å². The van der Waals surface area contributed by atoms with E-state index in [4.69, 9.17) is 9.47 Å². The fraction of sp³-hybridized carbons (Fsp3) is 0.105. The van der Waals surface area contributed by atoms with E-state index in [9.17, 15) is 4.79 Å². The van der Waals surface area contributed by atoms with Crippen LogP contribution in [0.5, 0.6) is 11.5 Å². The van der Waals surface area contributed by atoms with Crippen LogP contribution in [-0.4, -0.2) is 22.9 Å². The first kappa shape index (κ1) is 15.9. The van der Waals surface area contributed by atoms with Crippen LogP contribution in [0.25, 0.3) is 0 Å². The number of fused-ring (bicyclic) bond motifs is 1. The Morgan fingerprint density at radius 2 is 1.73 bits per heavy atom. The van der Waals surface area contributed by atoms with Crippen molar-refractivity contribution in [2.45, 2.75) is 6.92 Å². The van der Waals surface area contributed by atoms with E-state index in [2.05, 4.69) is 20.8 Å². The maximum Gasteiger partial charge on any atom is 0.257 e. The largest absolute Gasteiger partial charge is 0.454 e. The van der Waals surface area contributed by atoms with Gasteiger partial charge in [-0.2, -0.15) is 0 Å². The van der Waals surface area contributed by atoms with Crippen LogP contribution in [0.3, 0.4) is 0 Å². The van der Waals surface area contributed by atoms with Crippen molar-refractivity contribution in [3.8, 4) is 11.5 Å². The maximum absolute atomic E-state index is 12.3. The lowest BCUT2D eigenvalue weighted by atomic mass is 10.2. The predicted octanol–water partition coefficient (Wildman–Crippen LogP) is 3.51. The summed E-state index contributed by atoms with van der Waals surface area (Å²) in [7, 11) is 0. The van der Waals surface area contributed by atoms with Gasteiger partial charge in [-0.1, -0.05) is 18.2 Å². The van der Waals surface area contributed by atoms with Crippen molar-refractivity contribution in [1.29, 1.82) is 0 Å². The van der Waals surface area contributed by atoms with Gasteiger partial charge in [-0.05, 0) is 48.9 Å². The first-order valence-electron chi connectivity index (χ1n) is 8.06. The van der Waals surface area contributed by atoms with Crippen LogP contribution in [0, 0.1) is 6.92 Å². The summed E-state index contributed by atoms with van der Waals surface area (Å²) in [6, 6.07) is 16.4. The summed E-state index contributed by atoms with van der Waals surface area (Å²) in [6.45, 7) is 2.18. The Labute approximate surface area is 150 Å². The number of carbonyl (C=O) groups is 1. The number of carbonyl (C=O) groups excluding carboxylic acids is 1. The molecule has 7 heteroatoms. The molecule has 0 saturated carbocycles. The summed E-state index contributed by atoms with van der Waals surface area (Å²) < 4.78 is 10.5. The smallest absolute Gasteiger partial charge is 0.257 e. The molecule has 0 radical (unpaired) electrons. The number of ether oxygens (including phenoxy) is 2. The molecule has 3 aromatic rings. The Balaban J connectivity index is 1.44. The highest BCUT2D eigenvalue weighted by molar-refractivity contribution is 6.04. The molecule has 0 spiro atoms. The molecule has 1 amide bonds. The second-order valence-electron chi connectivity index (χ2n) is 5.77. The van der Waals surface area contributed by atoms with Crippen LogP contribution in [0.15, 0.2) is 54.6 Å². The van der Waals surface area contributed by atoms with Gasteiger partial charge in [-0.15, -0.1) is 10.2 Å². The van der Waals surface area contributed by atoms with Crippen LogP contribution in [0.1, 0.15) is 15.9 Å². The number of hydrogen-bond donors (Lipinski definition) is 2. The normalized spacial score (nSPS) is 11.9. The molecule has 130 valence electrons. The zero-order valence-corrected chi connectivity index (χ0v) is 14.0. The number of benzene rings is 2. The minimum atomic E-state index is -0.294. The molecule has 0 atom stereocenters. The van der Waals surface area contributed by atoms with Crippen molar-refractivity contribution in [2.75, 3.05) is 17.4 Å². The Morgan fingerprint density at radius 1 is 0.962 bits per heavy atom. The molecule has 2 heterocycles. The SMILES string of the molecule is Cc1ccccc1Nc1ccc(NC(=O)c2ccc3c(c2)OCO3)nn1. The molecule has 7 nitrogen and oxygen atoms in total. The lowest BCUT2D eigenvalue weighted by Gasteiger charge is -2.09. The van der Waals surface area contributed by atoms with Gasteiger partial charge in [0.2, 0.25) is 6.79 Å². The molecule has 0 fully saturated rings. The second-order valence-corrected chi connectivity index (χ2v) is 5.77. The van der Waals surface area contributed by atoms with Gasteiger partial charge >= 0.3 is 0 Å². The average Bonchev–Trinajstić information content (AvgIpc) is 3.13. The van der Waals surface area contributed by atoms with Crippen LogP contribution in [-0.2, 0) is 0 Å². The number of nitrogens with one attached hydrogen (secondary N) is 2. The van der Waals surface area contributed by atoms with E-state index in [1.165, 1.54) is 0 Å². The minimum Gasteiger partial charge on any atom is -0.454 e. The number of anilines is 3. The van der Waals surface area contributed by atoms with E-state index in [0.29, 0.717) is 28.7 Å². The number of nitrogens with zero attached hydrogens (tertiary/aromatic N) is 2. The average molecular weight is 348 g/mol. The lowest BCUT2D eigenvalue weighted by molar-refractivity contribution is 0.102. The molecule has 1 aliphatic rings. The van der Waals surface area contributed by atoms with Crippen LogP contribution >= 0.6 is 0 Å². The highest BCUT2D eigenvalue weighted by atomic mass is 16.7. The van der Waals surface area contributed by atoms with Gasteiger partial charge in [0, 0.05) is 11.3 Å². The van der Waals surface area contributed by atoms with Gasteiger partial charge in [0.05, 0.1) is 0 Å². The molecule has 0 bridgehead atoms. The summed E-state index contributed by atoms with van der Waals surface area (Å²) in [5.41, 5.74) is 2.52. The lowest BCUT2D eigenvalue weighted by Crippen LogP contribution is -2.13. The second kappa shape index (κ2) is 6.72. The molecule has 4 rings (SSSR count). The molecular formula is C19H16N4O3. The van der Waals surface area contributed by atoms with E-state index in [0.717, 1.165) is 11.3 Å².